The van der Waals surface area contributed by atoms with Gasteiger partial charge in [-0.05, 0) is 6.42 Å². The summed E-state index contributed by atoms with van der Waals surface area (Å²) in [6, 6.07) is 1.69. The third kappa shape index (κ3) is 20.5. The van der Waals surface area contributed by atoms with Gasteiger partial charge in [0.15, 0.2) is 0 Å². The summed E-state index contributed by atoms with van der Waals surface area (Å²) in [7, 11) is 0. The van der Waals surface area contributed by atoms with Gasteiger partial charge >= 0.3 is 5.97 Å². The molecule has 17 heavy (non-hydrogen) atoms. The smallest absolute Gasteiger partial charge is 0.330 e. The van der Waals surface area contributed by atoms with Crippen LogP contribution in [0, 0.1) is 11.3 Å². The third-order valence-corrected chi connectivity index (χ3v) is 2.00. The Morgan fingerprint density at radius 1 is 1.24 bits per heavy atom. The van der Waals surface area contributed by atoms with E-state index >= 15 is 0 Å². The molecule has 0 bridgehead atoms. The predicted molar refractivity (Wildman–Crippen MR) is 70.3 cm³/mol. The van der Waals surface area contributed by atoms with Crippen LogP contribution in [0.5, 0.6) is 0 Å². The molecule has 0 rings (SSSR count). The van der Waals surface area contributed by atoms with E-state index in [1.807, 2.05) is 0 Å². The molecular formula is C14H23NO2. The number of rotatable bonds is 8. The standard InChI is InChI=1S/C11H20O2.C3H3N/c1-3-5-6-7-8-9-10-13-11(12)4-2;1-2-3-4/h4H,2-3,5-10H2,1H3;2H,1H2. The zero-order valence-corrected chi connectivity index (χ0v) is 10.8. The van der Waals surface area contributed by atoms with Crippen molar-refractivity contribution < 1.29 is 9.53 Å². The number of hydrogen-bond acceptors (Lipinski definition) is 3. The lowest BCUT2D eigenvalue weighted by molar-refractivity contribution is -0.137. The van der Waals surface area contributed by atoms with Gasteiger partial charge < -0.3 is 4.74 Å². The Bertz CT molecular complexity index is 241. The maximum atomic E-state index is 10.6. The Morgan fingerprint density at radius 3 is 2.24 bits per heavy atom. The van der Waals surface area contributed by atoms with Gasteiger partial charge in [0, 0.05) is 12.2 Å². The molecule has 0 saturated carbocycles. The molecule has 96 valence electrons. The number of hydrogen-bond donors (Lipinski definition) is 0. The fourth-order valence-corrected chi connectivity index (χ4v) is 1.11. The summed E-state index contributed by atoms with van der Waals surface area (Å²) in [6.45, 7) is 9.18. The fraction of sp³-hybridized carbons (Fsp3) is 0.571. The van der Waals surface area contributed by atoms with Crippen molar-refractivity contribution in [2.24, 2.45) is 0 Å². The van der Waals surface area contributed by atoms with Crippen molar-refractivity contribution >= 4 is 5.97 Å². The molecule has 0 N–H and O–H groups in total. The largest absolute Gasteiger partial charge is 0.463 e. The second-order valence-corrected chi connectivity index (χ2v) is 3.47. The first-order chi connectivity index (χ1) is 8.22. The highest BCUT2D eigenvalue weighted by atomic mass is 16.5. The lowest BCUT2D eigenvalue weighted by Crippen LogP contribution is -2.01. The van der Waals surface area contributed by atoms with Crippen molar-refractivity contribution in [2.45, 2.75) is 45.4 Å². The summed E-state index contributed by atoms with van der Waals surface area (Å²) in [4.78, 5) is 10.6. The van der Waals surface area contributed by atoms with Gasteiger partial charge in [-0.25, -0.2) is 4.79 Å². The van der Waals surface area contributed by atoms with Gasteiger partial charge in [-0.15, -0.1) is 0 Å². The molecular weight excluding hydrogens is 214 g/mol. The van der Waals surface area contributed by atoms with Gasteiger partial charge in [0.05, 0.1) is 12.7 Å². The van der Waals surface area contributed by atoms with Crippen LogP contribution in [-0.2, 0) is 9.53 Å². The van der Waals surface area contributed by atoms with Crippen LogP contribution in [0.4, 0.5) is 0 Å². The lowest BCUT2D eigenvalue weighted by Gasteiger charge is -2.01. The van der Waals surface area contributed by atoms with Crippen molar-refractivity contribution in [2.75, 3.05) is 6.61 Å². The van der Waals surface area contributed by atoms with Crippen LogP contribution >= 0.6 is 0 Å². The van der Waals surface area contributed by atoms with Gasteiger partial charge in [-0.3, -0.25) is 0 Å². The molecule has 0 aliphatic carbocycles. The topological polar surface area (TPSA) is 50.1 Å². The number of nitriles is 1. The van der Waals surface area contributed by atoms with Gasteiger partial charge in [-0.1, -0.05) is 52.2 Å². The van der Waals surface area contributed by atoms with Crippen molar-refractivity contribution in [3.05, 3.63) is 25.3 Å². The number of allylic oxidation sites excluding steroid dienone is 1. The van der Waals surface area contributed by atoms with Gasteiger partial charge in [-0.2, -0.15) is 5.26 Å². The predicted octanol–water partition coefficient (Wildman–Crippen LogP) is 3.77. The third-order valence-electron chi connectivity index (χ3n) is 2.00. The number of nitrogens with zero attached hydrogens (tertiary/aromatic N) is 1. The monoisotopic (exact) mass is 237 g/mol. The van der Waals surface area contributed by atoms with E-state index in [2.05, 4.69) is 20.1 Å². The molecule has 0 unspecified atom stereocenters. The number of esters is 1. The zero-order chi connectivity index (χ0) is 13.4. The Kier molecular flexibility index (Phi) is 17.7. The van der Waals surface area contributed by atoms with E-state index in [1.54, 1.807) is 6.07 Å². The van der Waals surface area contributed by atoms with Crippen molar-refractivity contribution in [3.8, 4) is 6.07 Å². The quantitative estimate of drug-likeness (QED) is 0.279. The van der Waals surface area contributed by atoms with Crippen LogP contribution in [0.2, 0.25) is 0 Å². The first-order valence-electron chi connectivity index (χ1n) is 6.02. The number of carbonyl (C=O) groups is 1. The molecule has 0 heterocycles. The minimum absolute atomic E-state index is 0.312. The number of unbranched alkanes of at least 4 members (excludes halogenated alkanes) is 5. The van der Waals surface area contributed by atoms with E-state index in [0.29, 0.717) is 6.61 Å². The molecule has 0 spiro atoms. The van der Waals surface area contributed by atoms with Crippen LogP contribution in [0.1, 0.15) is 45.4 Å². The van der Waals surface area contributed by atoms with Gasteiger partial charge in [0.25, 0.3) is 0 Å². The lowest BCUT2D eigenvalue weighted by atomic mass is 10.1. The van der Waals surface area contributed by atoms with Crippen LogP contribution in [-0.4, -0.2) is 12.6 Å². The highest BCUT2D eigenvalue weighted by Gasteiger charge is 1.94. The molecule has 0 aromatic heterocycles. The minimum Gasteiger partial charge on any atom is -0.463 e. The molecule has 0 aromatic carbocycles. The molecule has 0 aromatic rings. The normalized spacial score (nSPS) is 8.24. The SMILES string of the molecule is C=CC#N.C=CC(=O)OCCCCCCCC. The maximum absolute atomic E-state index is 10.6. The van der Waals surface area contributed by atoms with E-state index in [-0.39, 0.29) is 5.97 Å². The Hall–Kier alpha value is -1.56. The molecule has 0 aliphatic rings. The van der Waals surface area contributed by atoms with E-state index in [1.165, 1.54) is 37.8 Å². The Labute approximate surface area is 105 Å². The maximum Gasteiger partial charge on any atom is 0.330 e. The summed E-state index contributed by atoms with van der Waals surface area (Å²) >= 11 is 0. The second-order valence-electron chi connectivity index (χ2n) is 3.47. The Balaban J connectivity index is 0. The van der Waals surface area contributed by atoms with Crippen LogP contribution in [0.3, 0.4) is 0 Å². The van der Waals surface area contributed by atoms with E-state index in [4.69, 9.17) is 10.00 Å². The van der Waals surface area contributed by atoms with Crippen molar-refractivity contribution in [1.82, 2.24) is 0 Å². The number of ether oxygens (including phenoxy) is 1. The van der Waals surface area contributed by atoms with E-state index in [9.17, 15) is 4.79 Å². The number of carbonyl (C=O) groups excluding carboxylic acids is 1. The van der Waals surface area contributed by atoms with E-state index in [0.717, 1.165) is 12.8 Å². The van der Waals surface area contributed by atoms with Crippen LogP contribution in [0.25, 0.3) is 0 Å². The highest BCUT2D eigenvalue weighted by molar-refractivity contribution is 5.81. The summed E-state index contributed by atoms with van der Waals surface area (Å²) in [5, 5.41) is 7.51. The summed E-state index contributed by atoms with van der Waals surface area (Å²) < 4.78 is 4.84. The molecule has 0 amide bonds. The van der Waals surface area contributed by atoms with Gasteiger partial charge in [0.2, 0.25) is 0 Å². The fourth-order valence-electron chi connectivity index (χ4n) is 1.11. The zero-order valence-electron chi connectivity index (χ0n) is 10.8. The molecule has 0 saturated heterocycles. The molecule has 0 radical (unpaired) electrons. The highest BCUT2D eigenvalue weighted by Crippen LogP contribution is 2.04. The first-order valence-corrected chi connectivity index (χ1v) is 6.02. The van der Waals surface area contributed by atoms with Gasteiger partial charge in [0.1, 0.15) is 0 Å². The van der Waals surface area contributed by atoms with E-state index < -0.39 is 0 Å². The second kappa shape index (κ2) is 16.9. The molecule has 3 nitrogen and oxygen atoms in total. The van der Waals surface area contributed by atoms with Crippen molar-refractivity contribution in [3.63, 3.8) is 0 Å². The minimum atomic E-state index is -0.312. The molecule has 0 atom stereocenters. The average molecular weight is 237 g/mol. The molecule has 0 aliphatic heterocycles. The first kappa shape index (κ1) is 17.8. The molecule has 0 fully saturated rings. The summed E-state index contributed by atoms with van der Waals surface area (Å²) in [5.41, 5.74) is 0. The van der Waals surface area contributed by atoms with Crippen molar-refractivity contribution in [1.29, 1.82) is 5.26 Å². The summed E-state index contributed by atoms with van der Waals surface area (Å²) in [5.74, 6) is -0.312. The van der Waals surface area contributed by atoms with Crippen LogP contribution < -0.4 is 0 Å². The summed E-state index contributed by atoms with van der Waals surface area (Å²) in [6.07, 6.45) is 9.65. The average Bonchev–Trinajstić information content (AvgIpc) is 2.37. The Morgan fingerprint density at radius 2 is 1.76 bits per heavy atom. The molecule has 3 heteroatoms. The van der Waals surface area contributed by atoms with Crippen LogP contribution in [0.15, 0.2) is 25.3 Å².